The summed E-state index contributed by atoms with van der Waals surface area (Å²) in [5.41, 5.74) is 2.91. The van der Waals surface area contributed by atoms with E-state index < -0.39 is 17.5 Å². The number of piperidine rings is 1. The molecular weight excluding hydrogens is 650 g/mol. The Labute approximate surface area is 292 Å². The molecule has 0 saturated carbocycles. The Morgan fingerprint density at radius 3 is 2.22 bits per heavy atom. The standard InChI is InChI=1S/C37H44ClN3O8/c1-37(2,3)49-36(45)41-18-15-31(16-19-41)48-30-12-5-25(6-13-30)22-40-32-14-9-27(35(44)46-4)21-28(32)23-39-24-34(43)47-20-17-33(42)26-7-10-29(38)11-8-26/h5-14,21,31,39-40H,15-20,22-24H2,1-4H3. The average Bonchev–Trinajstić information content (AvgIpc) is 3.07. The third kappa shape index (κ3) is 12.1. The number of Topliss-reactive ketones (excluding diaryl/α,β-unsaturated/α-hetero) is 1. The molecule has 0 unspecified atom stereocenters. The van der Waals surface area contributed by atoms with Crippen molar-refractivity contribution >= 4 is 41.1 Å². The number of anilines is 1. The van der Waals surface area contributed by atoms with Crippen molar-refractivity contribution in [2.24, 2.45) is 0 Å². The zero-order valence-electron chi connectivity index (χ0n) is 28.4. The number of hydrogen-bond acceptors (Lipinski definition) is 10. The number of rotatable bonds is 14. The number of ether oxygens (including phenoxy) is 4. The van der Waals surface area contributed by atoms with Crippen molar-refractivity contribution in [1.29, 1.82) is 0 Å². The predicted octanol–water partition coefficient (Wildman–Crippen LogP) is 6.42. The summed E-state index contributed by atoms with van der Waals surface area (Å²) in [7, 11) is 1.32. The van der Waals surface area contributed by atoms with Crippen molar-refractivity contribution in [3.05, 3.63) is 94.0 Å². The number of amides is 1. The van der Waals surface area contributed by atoms with Gasteiger partial charge in [0.2, 0.25) is 0 Å². The predicted molar refractivity (Wildman–Crippen MR) is 186 cm³/mol. The number of carbonyl (C=O) groups is 4. The molecule has 12 heteroatoms. The molecule has 0 radical (unpaired) electrons. The van der Waals surface area contributed by atoms with Crippen molar-refractivity contribution in [3.8, 4) is 5.75 Å². The third-order valence-corrected chi connectivity index (χ3v) is 7.92. The minimum atomic E-state index is -0.522. The summed E-state index contributed by atoms with van der Waals surface area (Å²) >= 11 is 5.87. The SMILES string of the molecule is COC(=O)c1ccc(NCc2ccc(OC3CCN(C(=O)OC(C)(C)C)CC3)cc2)c(CNCC(=O)OCCC(=O)c2ccc(Cl)cc2)c1. The van der Waals surface area contributed by atoms with Crippen molar-refractivity contribution in [3.63, 3.8) is 0 Å². The van der Waals surface area contributed by atoms with E-state index in [0.717, 1.165) is 35.4 Å². The van der Waals surface area contributed by atoms with E-state index in [-0.39, 0.29) is 44.1 Å². The van der Waals surface area contributed by atoms with Crippen LogP contribution < -0.4 is 15.4 Å². The minimum absolute atomic E-state index is 0.0141. The van der Waals surface area contributed by atoms with Crippen LogP contribution in [0.5, 0.6) is 5.75 Å². The van der Waals surface area contributed by atoms with E-state index in [9.17, 15) is 19.2 Å². The average molecular weight is 694 g/mol. The second-order valence-electron chi connectivity index (χ2n) is 12.6. The smallest absolute Gasteiger partial charge is 0.410 e. The van der Waals surface area contributed by atoms with E-state index in [1.807, 2.05) is 45.0 Å². The minimum Gasteiger partial charge on any atom is -0.490 e. The molecule has 0 atom stereocenters. The molecule has 1 heterocycles. The van der Waals surface area contributed by atoms with Crippen LogP contribution in [0.1, 0.15) is 71.9 Å². The van der Waals surface area contributed by atoms with E-state index in [2.05, 4.69) is 10.6 Å². The van der Waals surface area contributed by atoms with Gasteiger partial charge in [-0.1, -0.05) is 23.7 Å². The van der Waals surface area contributed by atoms with Gasteiger partial charge in [-0.3, -0.25) is 9.59 Å². The van der Waals surface area contributed by atoms with Gasteiger partial charge in [-0.15, -0.1) is 0 Å². The number of benzene rings is 3. The molecule has 0 spiro atoms. The quantitative estimate of drug-likeness (QED) is 0.111. The zero-order valence-corrected chi connectivity index (χ0v) is 29.1. The van der Waals surface area contributed by atoms with E-state index in [1.165, 1.54) is 7.11 Å². The van der Waals surface area contributed by atoms with Crippen LogP contribution >= 0.6 is 11.6 Å². The van der Waals surface area contributed by atoms with Crippen LogP contribution in [0.25, 0.3) is 0 Å². The fourth-order valence-corrected chi connectivity index (χ4v) is 5.23. The molecule has 1 aliphatic heterocycles. The fraction of sp³-hybridized carbons (Fsp3) is 0.405. The number of nitrogens with zero attached hydrogens (tertiary/aromatic N) is 1. The summed E-state index contributed by atoms with van der Waals surface area (Å²) in [6.45, 7) is 7.40. The molecule has 4 rings (SSSR count). The van der Waals surface area contributed by atoms with Gasteiger partial charge < -0.3 is 34.5 Å². The number of ketones is 1. The highest BCUT2D eigenvalue weighted by atomic mass is 35.5. The number of carbonyl (C=O) groups excluding carboxylic acids is 4. The van der Waals surface area contributed by atoms with E-state index in [4.69, 9.17) is 30.5 Å². The fourth-order valence-electron chi connectivity index (χ4n) is 5.10. The molecule has 2 N–H and O–H groups in total. The van der Waals surface area contributed by atoms with Gasteiger partial charge >= 0.3 is 18.0 Å². The summed E-state index contributed by atoms with van der Waals surface area (Å²) in [6, 6.07) is 19.5. The first kappa shape index (κ1) is 37.2. The summed E-state index contributed by atoms with van der Waals surface area (Å²) in [6.07, 6.45) is 1.23. The van der Waals surface area contributed by atoms with Crippen LogP contribution in [0.3, 0.4) is 0 Å². The van der Waals surface area contributed by atoms with Gasteiger partial charge in [0.25, 0.3) is 0 Å². The van der Waals surface area contributed by atoms with Gasteiger partial charge in [0, 0.05) is 61.7 Å². The summed E-state index contributed by atoms with van der Waals surface area (Å²) in [4.78, 5) is 50.9. The van der Waals surface area contributed by atoms with E-state index >= 15 is 0 Å². The van der Waals surface area contributed by atoms with Gasteiger partial charge in [0.15, 0.2) is 5.78 Å². The summed E-state index contributed by atoms with van der Waals surface area (Å²) in [5.74, 6) is -0.359. The second kappa shape index (κ2) is 17.7. The molecule has 1 aliphatic rings. The Morgan fingerprint density at radius 1 is 0.898 bits per heavy atom. The lowest BCUT2D eigenvalue weighted by Gasteiger charge is -2.33. The Morgan fingerprint density at radius 2 is 1.57 bits per heavy atom. The highest BCUT2D eigenvalue weighted by Gasteiger charge is 2.27. The first-order valence-corrected chi connectivity index (χ1v) is 16.6. The molecule has 262 valence electrons. The monoisotopic (exact) mass is 693 g/mol. The number of hydrogen-bond donors (Lipinski definition) is 2. The maximum atomic E-state index is 12.3. The van der Waals surface area contributed by atoms with Gasteiger partial charge in [0.1, 0.15) is 17.5 Å². The van der Waals surface area contributed by atoms with Crippen LogP contribution in [0.2, 0.25) is 5.02 Å². The third-order valence-electron chi connectivity index (χ3n) is 7.67. The van der Waals surface area contributed by atoms with Crippen molar-refractivity contribution in [2.45, 2.75) is 64.8 Å². The zero-order chi connectivity index (χ0) is 35.4. The molecule has 0 aromatic heterocycles. The van der Waals surface area contributed by atoms with Gasteiger partial charge in [-0.25, -0.2) is 9.59 Å². The summed E-state index contributed by atoms with van der Waals surface area (Å²) in [5, 5.41) is 7.00. The maximum Gasteiger partial charge on any atom is 0.410 e. The highest BCUT2D eigenvalue weighted by Crippen LogP contribution is 2.23. The number of esters is 2. The molecule has 1 saturated heterocycles. The maximum absolute atomic E-state index is 12.3. The van der Waals surface area contributed by atoms with Crippen LogP contribution in [0.15, 0.2) is 66.7 Å². The molecule has 0 aliphatic carbocycles. The molecule has 11 nitrogen and oxygen atoms in total. The summed E-state index contributed by atoms with van der Waals surface area (Å²) < 4.78 is 21.8. The number of methoxy groups -OCH3 is 1. The van der Waals surface area contributed by atoms with E-state index in [1.54, 1.807) is 47.4 Å². The largest absolute Gasteiger partial charge is 0.490 e. The van der Waals surface area contributed by atoms with Crippen LogP contribution in [0, 0.1) is 0 Å². The molecule has 49 heavy (non-hydrogen) atoms. The topological polar surface area (TPSA) is 133 Å². The Kier molecular flexibility index (Phi) is 13.4. The number of halogens is 1. The van der Waals surface area contributed by atoms with Gasteiger partial charge in [-0.2, -0.15) is 0 Å². The molecule has 1 amide bonds. The lowest BCUT2D eigenvalue weighted by molar-refractivity contribution is -0.142. The first-order valence-electron chi connectivity index (χ1n) is 16.2. The molecule has 1 fully saturated rings. The Bertz CT molecular complexity index is 1580. The van der Waals surface area contributed by atoms with Crippen molar-refractivity contribution in [2.75, 3.05) is 38.7 Å². The van der Waals surface area contributed by atoms with Crippen molar-refractivity contribution < 1.29 is 38.1 Å². The van der Waals surface area contributed by atoms with Crippen LogP contribution in [-0.2, 0) is 32.1 Å². The highest BCUT2D eigenvalue weighted by molar-refractivity contribution is 6.30. The number of nitrogens with one attached hydrogen (secondary N) is 2. The number of likely N-dealkylation sites (tertiary alicyclic amines) is 1. The lowest BCUT2D eigenvalue weighted by atomic mass is 10.1. The molecular formula is C37H44ClN3O8. The first-order chi connectivity index (χ1) is 23.4. The lowest BCUT2D eigenvalue weighted by Crippen LogP contribution is -2.44. The molecule has 3 aromatic carbocycles. The van der Waals surface area contributed by atoms with E-state index in [0.29, 0.717) is 35.8 Å². The van der Waals surface area contributed by atoms with Crippen LogP contribution in [-0.4, -0.2) is 73.8 Å². The Balaban J connectivity index is 1.24. The van der Waals surface area contributed by atoms with Gasteiger partial charge in [-0.05, 0) is 86.5 Å². The Hall–Kier alpha value is -4.61. The molecule has 0 bridgehead atoms. The second-order valence-corrected chi connectivity index (χ2v) is 13.1. The molecule has 3 aromatic rings. The van der Waals surface area contributed by atoms with Crippen LogP contribution in [0.4, 0.5) is 10.5 Å². The van der Waals surface area contributed by atoms with Gasteiger partial charge in [0.05, 0.1) is 25.8 Å². The normalized spacial score (nSPS) is 13.4. The van der Waals surface area contributed by atoms with Crippen molar-refractivity contribution in [1.82, 2.24) is 10.2 Å².